The van der Waals surface area contributed by atoms with E-state index in [0.29, 0.717) is 6.92 Å². The van der Waals surface area contributed by atoms with Gasteiger partial charge in [0.1, 0.15) is 9.85 Å². The van der Waals surface area contributed by atoms with Gasteiger partial charge in [0, 0.05) is 12.1 Å². The van der Waals surface area contributed by atoms with Gasteiger partial charge in [0.15, 0.2) is 0 Å². The Labute approximate surface area is 81.9 Å². The lowest BCUT2D eigenvalue weighted by molar-refractivity contribution is -0.873. The highest BCUT2D eigenvalue weighted by Gasteiger charge is 2.61. The molecule has 0 N–H and O–H groups in total. The van der Waals surface area contributed by atoms with E-state index in [-0.39, 0.29) is 10.6 Å². The Kier molecular flexibility index (Phi) is 2.27. The summed E-state index contributed by atoms with van der Waals surface area (Å²) in [6, 6.07) is 0. The van der Waals surface area contributed by atoms with Gasteiger partial charge in [-0.2, -0.15) is 0 Å². The lowest BCUT2D eigenvalue weighted by atomic mass is 10.1. The van der Waals surface area contributed by atoms with Crippen LogP contribution in [0.5, 0.6) is 0 Å². The maximum Gasteiger partial charge on any atom is 0.523 e. The van der Waals surface area contributed by atoms with Crippen molar-refractivity contribution in [1.82, 2.24) is 5.16 Å². The summed E-state index contributed by atoms with van der Waals surface area (Å²) in [5, 5.41) is 35.3. The first kappa shape index (κ1) is 10.8. The average Bonchev–Trinajstić information content (AvgIpc) is 2.44. The number of hydrogen-bond donors (Lipinski definition) is 0. The molecule has 1 aromatic heterocycles. The van der Waals surface area contributed by atoms with E-state index < -0.39 is 21.2 Å². The normalized spacial score (nSPS) is 11.3. The second-order valence-electron chi connectivity index (χ2n) is 2.90. The van der Waals surface area contributed by atoms with Crippen LogP contribution < -0.4 is 4.90 Å². The number of nitro groups is 2. The monoisotopic (exact) mass is 218 g/mol. The molecule has 0 aromatic carbocycles. The highest BCUT2D eigenvalue weighted by Crippen LogP contribution is 2.24. The molecule has 0 aliphatic heterocycles. The minimum atomic E-state index is -2.76. The summed E-state index contributed by atoms with van der Waals surface area (Å²) in [4.78, 5) is 18.5. The lowest BCUT2D eigenvalue weighted by Gasteiger charge is -2.08. The van der Waals surface area contributed by atoms with E-state index in [0.717, 1.165) is 0 Å². The van der Waals surface area contributed by atoms with E-state index in [2.05, 4.69) is 9.79 Å². The zero-order valence-electron chi connectivity index (χ0n) is 7.74. The van der Waals surface area contributed by atoms with Crippen molar-refractivity contribution in [2.24, 2.45) is 0 Å². The van der Waals surface area contributed by atoms with Gasteiger partial charge in [0.25, 0.3) is 0 Å². The zero-order chi connectivity index (χ0) is 11.8. The first-order valence-electron chi connectivity index (χ1n) is 3.67. The lowest BCUT2D eigenvalue weighted by Crippen LogP contribution is -2.48. The fourth-order valence-electron chi connectivity index (χ4n) is 1.07. The predicted molar refractivity (Wildman–Crippen MR) is 41.5 cm³/mol. The summed E-state index contributed by atoms with van der Waals surface area (Å²) in [7, 11) is 0. The van der Waals surface area contributed by atoms with Gasteiger partial charge >= 0.3 is 11.4 Å². The van der Waals surface area contributed by atoms with Gasteiger partial charge in [-0.05, 0) is 4.90 Å². The molecule has 0 spiro atoms. The Bertz CT molecular complexity index is 392. The molecule has 0 aliphatic carbocycles. The van der Waals surface area contributed by atoms with Crippen molar-refractivity contribution in [3.05, 3.63) is 36.8 Å². The summed E-state index contributed by atoms with van der Waals surface area (Å²) in [6.07, 6.45) is 0. The predicted octanol–water partition coefficient (Wildman–Crippen LogP) is -0.657. The van der Waals surface area contributed by atoms with Crippen LogP contribution in [0.2, 0.25) is 0 Å². The fourth-order valence-corrected chi connectivity index (χ4v) is 1.07. The molecule has 0 saturated carbocycles. The van der Waals surface area contributed by atoms with E-state index in [4.69, 9.17) is 0 Å². The molecular formula is C5H6N4O6. The Morgan fingerprint density at radius 1 is 1.40 bits per heavy atom. The molecule has 0 aliphatic rings. The second kappa shape index (κ2) is 3.15. The number of hydrogen-bond acceptors (Lipinski definition) is 7. The van der Waals surface area contributed by atoms with Crippen LogP contribution in [0.4, 0.5) is 0 Å². The summed E-state index contributed by atoms with van der Waals surface area (Å²) >= 11 is 0. The fraction of sp³-hybridized carbons (Fsp3) is 0.600. The minimum absolute atomic E-state index is 0.194. The van der Waals surface area contributed by atoms with Crippen LogP contribution >= 0.6 is 0 Å². The van der Waals surface area contributed by atoms with E-state index in [1.807, 2.05) is 0 Å². The molecule has 0 bridgehead atoms. The molecule has 10 nitrogen and oxygen atoms in total. The molecule has 0 amide bonds. The summed E-state index contributed by atoms with van der Waals surface area (Å²) in [6.45, 7) is 1.90. The van der Waals surface area contributed by atoms with Crippen molar-refractivity contribution >= 4 is 0 Å². The Morgan fingerprint density at radius 2 is 1.87 bits per heavy atom. The van der Waals surface area contributed by atoms with Gasteiger partial charge in [-0.15, -0.1) is 0 Å². The Hall–Kier alpha value is -2.26. The van der Waals surface area contributed by atoms with E-state index in [1.165, 1.54) is 6.92 Å². The summed E-state index contributed by atoms with van der Waals surface area (Å²) in [5.74, 6) is 0. The first-order valence-corrected chi connectivity index (χ1v) is 3.67. The molecule has 0 atom stereocenters. The average molecular weight is 218 g/mol. The van der Waals surface area contributed by atoms with E-state index in [1.54, 1.807) is 0 Å². The molecule has 82 valence electrons. The van der Waals surface area contributed by atoms with Crippen LogP contribution in [-0.4, -0.2) is 15.0 Å². The molecule has 1 aromatic rings. The highest BCUT2D eigenvalue weighted by molar-refractivity contribution is 5.06. The number of aromatic nitrogens is 2. The van der Waals surface area contributed by atoms with Crippen molar-refractivity contribution in [3.63, 3.8) is 0 Å². The van der Waals surface area contributed by atoms with Gasteiger partial charge in [-0.1, -0.05) is 0 Å². The topological polar surface area (TPSA) is 139 Å². The smallest absolute Gasteiger partial charge is 0.359 e. The quantitative estimate of drug-likeness (QED) is 0.284. The molecular weight excluding hydrogens is 212 g/mol. The van der Waals surface area contributed by atoms with Gasteiger partial charge in [0.05, 0.1) is 6.92 Å². The van der Waals surface area contributed by atoms with Crippen LogP contribution in [0, 0.1) is 32.4 Å². The van der Waals surface area contributed by atoms with Crippen molar-refractivity contribution in [1.29, 1.82) is 0 Å². The largest absolute Gasteiger partial charge is 0.523 e. The first-order chi connectivity index (χ1) is 6.81. The third kappa shape index (κ3) is 1.35. The molecule has 0 saturated heterocycles. The van der Waals surface area contributed by atoms with Crippen LogP contribution in [0.3, 0.4) is 0 Å². The molecule has 10 heteroatoms. The highest BCUT2D eigenvalue weighted by atomic mass is 16.8. The maximum absolute atomic E-state index is 11.0. The third-order valence-corrected chi connectivity index (χ3v) is 1.94. The van der Waals surface area contributed by atoms with Gasteiger partial charge in [-0.3, -0.25) is 24.9 Å². The minimum Gasteiger partial charge on any atom is -0.359 e. The zero-order valence-corrected chi connectivity index (χ0v) is 7.74. The summed E-state index contributed by atoms with van der Waals surface area (Å²) < 4.78 is 4.04. The van der Waals surface area contributed by atoms with Crippen molar-refractivity contribution in [3.8, 4) is 0 Å². The van der Waals surface area contributed by atoms with Gasteiger partial charge in [0.2, 0.25) is 5.69 Å². The van der Waals surface area contributed by atoms with Gasteiger partial charge in [-0.25, -0.2) is 0 Å². The van der Waals surface area contributed by atoms with E-state index >= 15 is 0 Å². The van der Waals surface area contributed by atoms with Crippen molar-refractivity contribution in [2.75, 3.05) is 0 Å². The SMILES string of the molecule is Cc1no[n+]([O-])c1C(C)([N+](=O)[O-])[N+](=O)[O-]. The number of nitrogens with zero attached hydrogens (tertiary/aromatic N) is 4. The second-order valence-corrected chi connectivity index (χ2v) is 2.90. The van der Waals surface area contributed by atoms with Crippen molar-refractivity contribution in [2.45, 2.75) is 19.5 Å². The van der Waals surface area contributed by atoms with Crippen LogP contribution in [0.25, 0.3) is 0 Å². The van der Waals surface area contributed by atoms with Crippen LogP contribution in [-0.2, 0) is 5.66 Å². The Balaban J connectivity index is 3.47. The van der Waals surface area contributed by atoms with Crippen LogP contribution in [0.1, 0.15) is 18.3 Å². The maximum atomic E-state index is 11.0. The molecule has 0 unspecified atom stereocenters. The van der Waals surface area contributed by atoms with E-state index in [9.17, 15) is 25.4 Å². The number of aryl methyl sites for hydroxylation is 1. The standard InChI is InChI=1S/C5H6N4O6/c1-3-4(7(10)15-6-3)5(2,8(11)12)9(13)14/h1-2H3. The molecule has 15 heavy (non-hydrogen) atoms. The molecule has 0 radical (unpaired) electrons. The molecule has 0 fully saturated rings. The van der Waals surface area contributed by atoms with Gasteiger partial charge < -0.3 is 5.21 Å². The summed E-state index contributed by atoms with van der Waals surface area (Å²) in [5.41, 5.74) is -3.69. The van der Waals surface area contributed by atoms with Crippen LogP contribution in [0.15, 0.2) is 4.63 Å². The Morgan fingerprint density at radius 3 is 2.13 bits per heavy atom. The number of rotatable bonds is 3. The molecule has 1 rings (SSSR count). The van der Waals surface area contributed by atoms with Crippen molar-refractivity contribution < 1.29 is 19.4 Å². The molecule has 1 heterocycles. The third-order valence-electron chi connectivity index (χ3n) is 1.94.